The molecule has 1 aromatic rings. The van der Waals surface area contributed by atoms with Crippen LogP contribution in [0.2, 0.25) is 0 Å². The molecule has 0 atom stereocenters. The number of rotatable bonds is 7. The van der Waals surface area contributed by atoms with Crippen LogP contribution in [-0.4, -0.2) is 52.4 Å². The number of guanidine groups is 1. The number of primary sulfonamides is 1. The Kier molecular flexibility index (Phi) is 10.6. The van der Waals surface area contributed by atoms with E-state index in [1.54, 1.807) is 26.2 Å². The van der Waals surface area contributed by atoms with Gasteiger partial charge in [0.2, 0.25) is 15.9 Å². The van der Waals surface area contributed by atoms with Crippen molar-refractivity contribution in [1.82, 2.24) is 15.5 Å². The van der Waals surface area contributed by atoms with Crippen molar-refractivity contribution in [2.24, 2.45) is 10.1 Å². The van der Waals surface area contributed by atoms with E-state index < -0.39 is 10.0 Å². The Labute approximate surface area is 166 Å². The van der Waals surface area contributed by atoms with Crippen LogP contribution in [0.3, 0.4) is 0 Å². The van der Waals surface area contributed by atoms with Crippen molar-refractivity contribution in [3.05, 3.63) is 29.8 Å². The lowest BCUT2D eigenvalue weighted by molar-refractivity contribution is -0.127. The van der Waals surface area contributed by atoms with E-state index >= 15 is 0 Å². The summed E-state index contributed by atoms with van der Waals surface area (Å²) in [7, 11) is -0.316. The van der Waals surface area contributed by atoms with E-state index in [2.05, 4.69) is 15.6 Å². The third-order valence-corrected chi connectivity index (χ3v) is 4.05. The van der Waals surface area contributed by atoms with Gasteiger partial charge in [0.15, 0.2) is 5.96 Å². The molecule has 0 unspecified atom stereocenters. The van der Waals surface area contributed by atoms with Crippen LogP contribution in [0, 0.1) is 0 Å². The first-order chi connectivity index (χ1) is 11.2. The van der Waals surface area contributed by atoms with Crippen molar-refractivity contribution in [3.8, 4) is 0 Å². The maximum Gasteiger partial charge on any atom is 0.241 e. The van der Waals surface area contributed by atoms with E-state index in [0.717, 1.165) is 18.5 Å². The second-order valence-electron chi connectivity index (χ2n) is 5.42. The summed E-state index contributed by atoms with van der Waals surface area (Å²) in [6.45, 7) is 3.25. The third kappa shape index (κ3) is 9.02. The van der Waals surface area contributed by atoms with Crippen molar-refractivity contribution in [1.29, 1.82) is 0 Å². The number of halogens is 1. The fourth-order valence-corrected chi connectivity index (χ4v) is 2.21. The molecule has 25 heavy (non-hydrogen) atoms. The van der Waals surface area contributed by atoms with Crippen molar-refractivity contribution < 1.29 is 13.2 Å². The third-order valence-electron chi connectivity index (χ3n) is 3.12. The molecule has 0 bridgehead atoms. The Morgan fingerprint density at radius 2 is 1.80 bits per heavy atom. The number of hydrogen-bond acceptors (Lipinski definition) is 4. The molecule has 0 saturated carbocycles. The summed E-state index contributed by atoms with van der Waals surface area (Å²) in [6.07, 6.45) is 0.922. The van der Waals surface area contributed by atoms with Gasteiger partial charge in [-0.15, -0.1) is 24.0 Å². The first-order valence-electron chi connectivity index (χ1n) is 7.58. The number of amides is 1. The summed E-state index contributed by atoms with van der Waals surface area (Å²) in [5, 5.41) is 11.2. The minimum absolute atomic E-state index is 0. The van der Waals surface area contributed by atoms with E-state index in [1.165, 1.54) is 17.0 Å². The second kappa shape index (κ2) is 11.3. The number of benzene rings is 1. The molecule has 8 nitrogen and oxygen atoms in total. The van der Waals surface area contributed by atoms with Gasteiger partial charge in [0.1, 0.15) is 0 Å². The van der Waals surface area contributed by atoms with Gasteiger partial charge in [-0.3, -0.25) is 4.79 Å². The molecular weight excluding hydrogens is 457 g/mol. The van der Waals surface area contributed by atoms with Crippen molar-refractivity contribution in [2.75, 3.05) is 27.2 Å². The monoisotopic (exact) mass is 483 g/mol. The summed E-state index contributed by atoms with van der Waals surface area (Å²) in [4.78, 5) is 17.6. The van der Waals surface area contributed by atoms with Crippen LogP contribution in [0.1, 0.15) is 18.9 Å². The lowest BCUT2D eigenvalue weighted by Gasteiger charge is -2.14. The molecule has 0 heterocycles. The van der Waals surface area contributed by atoms with E-state index in [9.17, 15) is 13.2 Å². The molecule has 0 aliphatic heterocycles. The first kappa shape index (κ1) is 23.6. The molecule has 0 spiro atoms. The number of carbonyl (C=O) groups excluding carboxylic acids is 1. The molecule has 0 saturated heterocycles. The molecule has 0 aliphatic carbocycles. The zero-order valence-corrected chi connectivity index (χ0v) is 17.8. The highest BCUT2D eigenvalue weighted by Gasteiger charge is 2.07. The molecule has 4 N–H and O–H groups in total. The highest BCUT2D eigenvalue weighted by molar-refractivity contribution is 14.0. The first-order valence-corrected chi connectivity index (χ1v) is 9.12. The number of likely N-dealkylation sites (N-methyl/N-ethyl adjacent to an activating group) is 1. The number of aliphatic imine (C=N–C) groups is 1. The second-order valence-corrected chi connectivity index (χ2v) is 6.98. The Morgan fingerprint density at radius 1 is 1.20 bits per heavy atom. The number of nitrogens with two attached hydrogens (primary N) is 1. The van der Waals surface area contributed by atoms with Crippen LogP contribution in [0.25, 0.3) is 0 Å². The SMILES string of the molecule is CCCNC(=NCc1ccc(S(N)(=O)=O)cc1)NCC(=O)N(C)C.I. The minimum Gasteiger partial charge on any atom is -0.356 e. The summed E-state index contributed by atoms with van der Waals surface area (Å²) in [6, 6.07) is 6.21. The van der Waals surface area contributed by atoms with Crippen LogP contribution in [0.4, 0.5) is 0 Å². The van der Waals surface area contributed by atoms with Gasteiger partial charge in [-0.05, 0) is 24.1 Å². The Bertz CT molecular complexity index is 675. The van der Waals surface area contributed by atoms with Gasteiger partial charge in [-0.1, -0.05) is 19.1 Å². The Morgan fingerprint density at radius 3 is 2.28 bits per heavy atom. The average Bonchev–Trinajstić information content (AvgIpc) is 2.53. The molecule has 1 aromatic carbocycles. The largest absolute Gasteiger partial charge is 0.356 e. The predicted octanol–water partition coefficient (Wildman–Crippen LogP) is 0.485. The van der Waals surface area contributed by atoms with E-state index in [-0.39, 0.29) is 41.3 Å². The number of sulfonamides is 1. The molecule has 0 aromatic heterocycles. The number of hydrogen-bond donors (Lipinski definition) is 3. The summed E-state index contributed by atoms with van der Waals surface area (Å²) >= 11 is 0. The average molecular weight is 483 g/mol. The molecule has 0 radical (unpaired) electrons. The van der Waals surface area contributed by atoms with Crippen LogP contribution < -0.4 is 15.8 Å². The fraction of sp³-hybridized carbons (Fsp3) is 0.467. The van der Waals surface area contributed by atoms with Crippen molar-refractivity contribution >= 4 is 45.9 Å². The van der Waals surface area contributed by atoms with Gasteiger partial charge >= 0.3 is 0 Å². The summed E-state index contributed by atoms with van der Waals surface area (Å²) < 4.78 is 22.5. The quantitative estimate of drug-likeness (QED) is 0.297. The molecule has 0 fully saturated rings. The van der Waals surface area contributed by atoms with E-state index in [4.69, 9.17) is 5.14 Å². The van der Waals surface area contributed by atoms with Crippen molar-refractivity contribution in [3.63, 3.8) is 0 Å². The van der Waals surface area contributed by atoms with E-state index in [1.807, 2.05) is 6.92 Å². The van der Waals surface area contributed by atoms with Crippen LogP contribution in [0.5, 0.6) is 0 Å². The van der Waals surface area contributed by atoms with Crippen LogP contribution >= 0.6 is 24.0 Å². The molecule has 0 aliphatic rings. The Hall–Kier alpha value is -1.40. The van der Waals surface area contributed by atoms with Gasteiger partial charge in [-0.2, -0.15) is 0 Å². The number of nitrogens with zero attached hydrogens (tertiary/aromatic N) is 2. The van der Waals surface area contributed by atoms with Gasteiger partial charge in [0.05, 0.1) is 18.0 Å². The van der Waals surface area contributed by atoms with Gasteiger partial charge in [-0.25, -0.2) is 18.5 Å². The van der Waals surface area contributed by atoms with Crippen LogP contribution in [0.15, 0.2) is 34.2 Å². The smallest absolute Gasteiger partial charge is 0.241 e. The van der Waals surface area contributed by atoms with Crippen molar-refractivity contribution in [2.45, 2.75) is 24.8 Å². The predicted molar refractivity (Wildman–Crippen MR) is 109 cm³/mol. The molecule has 1 amide bonds. The van der Waals surface area contributed by atoms with Crippen LogP contribution in [-0.2, 0) is 21.4 Å². The zero-order valence-electron chi connectivity index (χ0n) is 14.7. The topological polar surface area (TPSA) is 117 Å². The standard InChI is InChI=1S/C15H25N5O3S.HI/c1-4-9-17-15(19-11-14(21)20(2)3)18-10-12-5-7-13(8-6-12)24(16,22)23;/h5-8H,4,9-11H2,1-3H3,(H2,16,22,23)(H2,17,18,19);1H. The minimum atomic E-state index is -3.69. The summed E-state index contributed by atoms with van der Waals surface area (Å²) in [5.41, 5.74) is 0.832. The van der Waals surface area contributed by atoms with E-state index in [0.29, 0.717) is 12.5 Å². The fourth-order valence-electron chi connectivity index (χ4n) is 1.69. The molecule has 10 heteroatoms. The zero-order chi connectivity index (χ0) is 18.2. The number of nitrogens with one attached hydrogen (secondary N) is 2. The Balaban J connectivity index is 0.00000576. The van der Waals surface area contributed by atoms with Gasteiger partial charge < -0.3 is 15.5 Å². The lowest BCUT2D eigenvalue weighted by atomic mass is 10.2. The summed E-state index contributed by atoms with van der Waals surface area (Å²) in [5.74, 6) is 0.473. The normalized spacial score (nSPS) is 11.4. The number of carbonyl (C=O) groups is 1. The van der Waals surface area contributed by atoms with Gasteiger partial charge in [0.25, 0.3) is 0 Å². The molecular formula is C15H26IN5O3S. The highest BCUT2D eigenvalue weighted by Crippen LogP contribution is 2.09. The lowest BCUT2D eigenvalue weighted by Crippen LogP contribution is -2.43. The molecule has 1 rings (SSSR count). The maximum absolute atomic E-state index is 11.6. The maximum atomic E-state index is 11.6. The highest BCUT2D eigenvalue weighted by atomic mass is 127. The molecule has 142 valence electrons. The van der Waals surface area contributed by atoms with Gasteiger partial charge in [0, 0.05) is 20.6 Å².